The molecule has 0 spiro atoms. The van der Waals surface area contributed by atoms with Crippen molar-refractivity contribution in [3.05, 3.63) is 0 Å². The molecule has 4 aliphatic carbocycles. The topological polar surface area (TPSA) is 0 Å². The van der Waals surface area contributed by atoms with Crippen LogP contribution in [0.1, 0.15) is 32.1 Å². The van der Waals surface area contributed by atoms with E-state index in [0.29, 0.717) is 5.92 Å². The highest BCUT2D eigenvalue weighted by Gasteiger charge is 2.64. The standard InChI is InChI=1S/C16H16/c1-4-15-10-12-7-13(11-15)9-14(8-12)16(15,5-2)6-3/h1-3,12-14H,7-11H2. The van der Waals surface area contributed by atoms with E-state index in [-0.39, 0.29) is 5.41 Å². The van der Waals surface area contributed by atoms with Crippen molar-refractivity contribution in [2.75, 3.05) is 0 Å². The Labute approximate surface area is 98.2 Å². The summed E-state index contributed by atoms with van der Waals surface area (Å²) in [6, 6.07) is 0. The Balaban J connectivity index is 2.17. The van der Waals surface area contributed by atoms with Gasteiger partial charge in [-0.25, -0.2) is 0 Å². The molecule has 80 valence electrons. The van der Waals surface area contributed by atoms with E-state index >= 15 is 0 Å². The average Bonchev–Trinajstić information content (AvgIpc) is 2.29. The molecule has 0 aromatic carbocycles. The van der Waals surface area contributed by atoms with Crippen molar-refractivity contribution < 1.29 is 0 Å². The van der Waals surface area contributed by atoms with Gasteiger partial charge in [0.1, 0.15) is 5.41 Å². The summed E-state index contributed by atoms with van der Waals surface area (Å²) in [4.78, 5) is 0. The van der Waals surface area contributed by atoms with Crippen LogP contribution in [0.15, 0.2) is 0 Å². The van der Waals surface area contributed by atoms with Gasteiger partial charge in [0, 0.05) is 0 Å². The summed E-state index contributed by atoms with van der Waals surface area (Å²) in [5.74, 6) is 10.9. The van der Waals surface area contributed by atoms with Crippen LogP contribution in [0, 0.1) is 65.6 Å². The van der Waals surface area contributed by atoms with Crippen molar-refractivity contribution in [2.24, 2.45) is 28.6 Å². The molecule has 4 bridgehead atoms. The molecule has 0 heterocycles. The summed E-state index contributed by atoms with van der Waals surface area (Å²) in [6.45, 7) is 0. The van der Waals surface area contributed by atoms with Gasteiger partial charge < -0.3 is 0 Å². The summed E-state index contributed by atoms with van der Waals surface area (Å²) in [7, 11) is 0. The van der Waals surface area contributed by atoms with Gasteiger partial charge >= 0.3 is 0 Å². The predicted octanol–water partition coefficient (Wildman–Crippen LogP) is 2.70. The Kier molecular flexibility index (Phi) is 1.77. The van der Waals surface area contributed by atoms with Crippen molar-refractivity contribution in [1.82, 2.24) is 0 Å². The van der Waals surface area contributed by atoms with Crippen molar-refractivity contribution >= 4 is 0 Å². The molecule has 0 amide bonds. The molecular formula is C16H16. The molecular weight excluding hydrogens is 192 g/mol. The molecule has 0 aromatic rings. The van der Waals surface area contributed by atoms with E-state index in [1.54, 1.807) is 0 Å². The molecule has 2 unspecified atom stereocenters. The lowest BCUT2D eigenvalue weighted by atomic mass is 9.39. The Bertz CT molecular complexity index is 420. The maximum Gasteiger partial charge on any atom is 0.111 e. The van der Waals surface area contributed by atoms with Crippen LogP contribution in [-0.4, -0.2) is 0 Å². The summed E-state index contributed by atoms with van der Waals surface area (Å²) in [6.07, 6.45) is 23.2. The van der Waals surface area contributed by atoms with E-state index < -0.39 is 5.41 Å². The van der Waals surface area contributed by atoms with Gasteiger partial charge in [-0.3, -0.25) is 0 Å². The average molecular weight is 208 g/mol. The largest absolute Gasteiger partial charge is 0.119 e. The second-order valence-electron chi connectivity index (χ2n) is 5.87. The Morgan fingerprint density at radius 1 is 0.812 bits per heavy atom. The second kappa shape index (κ2) is 2.87. The van der Waals surface area contributed by atoms with Crippen molar-refractivity contribution in [1.29, 1.82) is 0 Å². The van der Waals surface area contributed by atoms with Crippen LogP contribution < -0.4 is 0 Å². The molecule has 2 atom stereocenters. The van der Waals surface area contributed by atoms with Gasteiger partial charge in [-0.15, -0.1) is 19.3 Å². The molecule has 4 saturated carbocycles. The second-order valence-corrected chi connectivity index (χ2v) is 5.87. The summed E-state index contributed by atoms with van der Waals surface area (Å²) in [5.41, 5.74) is -0.638. The van der Waals surface area contributed by atoms with E-state index in [9.17, 15) is 0 Å². The quantitative estimate of drug-likeness (QED) is 0.537. The SMILES string of the molecule is C#CC12CC3CC(CC(C3)C1(C#C)C#C)C2. The van der Waals surface area contributed by atoms with Crippen molar-refractivity contribution in [3.8, 4) is 37.0 Å². The van der Waals surface area contributed by atoms with Gasteiger partial charge in [-0.1, -0.05) is 17.8 Å². The Morgan fingerprint density at radius 2 is 1.38 bits per heavy atom. The summed E-state index contributed by atoms with van der Waals surface area (Å²) < 4.78 is 0. The fourth-order valence-electron chi connectivity index (χ4n) is 4.82. The minimum atomic E-state index is -0.449. The van der Waals surface area contributed by atoms with Crippen LogP contribution in [0.4, 0.5) is 0 Å². The smallest absolute Gasteiger partial charge is 0.111 e. The summed E-state index contributed by atoms with van der Waals surface area (Å²) in [5, 5.41) is 0. The van der Waals surface area contributed by atoms with Gasteiger partial charge in [-0.2, -0.15) is 0 Å². The molecule has 0 aliphatic heterocycles. The van der Waals surface area contributed by atoms with E-state index in [4.69, 9.17) is 19.3 Å². The summed E-state index contributed by atoms with van der Waals surface area (Å²) >= 11 is 0. The lowest BCUT2D eigenvalue weighted by Gasteiger charge is -2.62. The van der Waals surface area contributed by atoms with Gasteiger partial charge in [0.15, 0.2) is 0 Å². The first-order valence-corrected chi connectivity index (χ1v) is 6.13. The van der Waals surface area contributed by atoms with Crippen LogP contribution in [0.5, 0.6) is 0 Å². The van der Waals surface area contributed by atoms with Crippen molar-refractivity contribution in [3.63, 3.8) is 0 Å². The fourth-order valence-corrected chi connectivity index (χ4v) is 4.82. The van der Waals surface area contributed by atoms with Crippen molar-refractivity contribution in [2.45, 2.75) is 32.1 Å². The van der Waals surface area contributed by atoms with E-state index in [1.165, 1.54) is 19.3 Å². The molecule has 4 rings (SSSR count). The highest BCUT2D eigenvalue weighted by molar-refractivity contribution is 5.39. The maximum absolute atomic E-state index is 5.81. The van der Waals surface area contributed by atoms with Crippen LogP contribution in [0.3, 0.4) is 0 Å². The number of hydrogen-bond donors (Lipinski definition) is 0. The Morgan fingerprint density at radius 3 is 1.81 bits per heavy atom. The minimum Gasteiger partial charge on any atom is -0.119 e. The molecule has 0 aromatic heterocycles. The van der Waals surface area contributed by atoms with E-state index in [1.807, 2.05) is 0 Å². The molecule has 4 fully saturated rings. The molecule has 4 aliphatic rings. The molecule has 0 heteroatoms. The molecule has 0 radical (unpaired) electrons. The van der Waals surface area contributed by atoms with Crippen LogP contribution in [0.25, 0.3) is 0 Å². The normalized spacial score (nSPS) is 46.7. The highest BCUT2D eigenvalue weighted by Crippen LogP contribution is 2.67. The van der Waals surface area contributed by atoms with Crippen LogP contribution >= 0.6 is 0 Å². The first-order chi connectivity index (χ1) is 7.69. The number of terminal acetylenes is 3. The molecule has 16 heavy (non-hydrogen) atoms. The maximum atomic E-state index is 5.81. The molecule has 0 nitrogen and oxygen atoms in total. The van der Waals surface area contributed by atoms with Gasteiger partial charge in [-0.05, 0) is 49.9 Å². The Hall–Kier alpha value is -1.32. The minimum absolute atomic E-state index is 0.189. The zero-order valence-corrected chi connectivity index (χ0v) is 9.50. The highest BCUT2D eigenvalue weighted by atomic mass is 14.6. The third-order valence-corrected chi connectivity index (χ3v) is 5.28. The van der Waals surface area contributed by atoms with Gasteiger partial charge in [0.05, 0.1) is 5.41 Å². The lowest BCUT2D eigenvalue weighted by molar-refractivity contribution is -0.0851. The zero-order chi connectivity index (χ0) is 11.4. The first kappa shape index (κ1) is 9.87. The van der Waals surface area contributed by atoms with Gasteiger partial charge in [0.2, 0.25) is 0 Å². The number of hydrogen-bond acceptors (Lipinski definition) is 0. The monoisotopic (exact) mass is 208 g/mol. The van der Waals surface area contributed by atoms with Gasteiger partial charge in [0.25, 0.3) is 0 Å². The first-order valence-electron chi connectivity index (χ1n) is 6.13. The zero-order valence-electron chi connectivity index (χ0n) is 9.50. The molecule has 0 N–H and O–H groups in total. The predicted molar refractivity (Wildman–Crippen MR) is 64.9 cm³/mol. The van der Waals surface area contributed by atoms with E-state index in [0.717, 1.165) is 24.7 Å². The van der Waals surface area contributed by atoms with E-state index in [2.05, 4.69) is 17.8 Å². The fraction of sp³-hybridized carbons (Fsp3) is 0.625. The number of rotatable bonds is 0. The van der Waals surface area contributed by atoms with Crippen LogP contribution in [0.2, 0.25) is 0 Å². The third kappa shape index (κ3) is 0.867. The van der Waals surface area contributed by atoms with Crippen LogP contribution in [-0.2, 0) is 0 Å². The lowest BCUT2D eigenvalue weighted by Crippen LogP contribution is -2.58. The third-order valence-electron chi connectivity index (χ3n) is 5.28. The molecule has 0 saturated heterocycles.